The molecule has 0 saturated heterocycles. The van der Waals surface area contributed by atoms with Crippen molar-refractivity contribution in [3.05, 3.63) is 49.6 Å². The van der Waals surface area contributed by atoms with Gasteiger partial charge in [-0.2, -0.15) is 4.98 Å². The molecule has 24 heavy (non-hydrogen) atoms. The zero-order chi connectivity index (χ0) is 17.4. The molecule has 0 radical (unpaired) electrons. The van der Waals surface area contributed by atoms with Gasteiger partial charge >= 0.3 is 11.7 Å². The van der Waals surface area contributed by atoms with Crippen LogP contribution in [0.5, 0.6) is 11.8 Å². The maximum absolute atomic E-state index is 12.5. The van der Waals surface area contributed by atoms with Gasteiger partial charge in [-0.15, -0.1) is 0 Å². The summed E-state index contributed by atoms with van der Waals surface area (Å²) in [5.41, 5.74) is -0.0965. The van der Waals surface area contributed by atoms with Gasteiger partial charge in [0.1, 0.15) is 5.75 Å². The smallest absolute Gasteiger partial charge is 0.332 e. The van der Waals surface area contributed by atoms with Gasteiger partial charge in [0.25, 0.3) is 5.56 Å². The van der Waals surface area contributed by atoms with Crippen LogP contribution < -0.4 is 16.0 Å². The van der Waals surface area contributed by atoms with Gasteiger partial charge in [-0.1, -0.05) is 22.9 Å². The molecule has 2 heterocycles. The first-order valence-corrected chi connectivity index (χ1v) is 8.33. The normalized spacial score (nSPS) is 11.2. The summed E-state index contributed by atoms with van der Waals surface area (Å²) in [5, 5.41) is 0. The summed E-state index contributed by atoms with van der Waals surface area (Å²) in [6, 6.07) is 7.62. The first-order valence-electron chi connectivity index (χ1n) is 7.53. The highest BCUT2D eigenvalue weighted by molar-refractivity contribution is 9.10. The lowest BCUT2D eigenvalue weighted by Crippen LogP contribution is -2.37. The van der Waals surface area contributed by atoms with E-state index in [-0.39, 0.29) is 5.56 Å². The van der Waals surface area contributed by atoms with Crippen LogP contribution in [0.25, 0.3) is 11.2 Å². The Kier molecular flexibility index (Phi) is 4.31. The van der Waals surface area contributed by atoms with Crippen LogP contribution in [0, 0.1) is 0 Å². The van der Waals surface area contributed by atoms with Crippen LogP contribution in [0.1, 0.15) is 13.3 Å². The van der Waals surface area contributed by atoms with E-state index in [9.17, 15) is 9.59 Å². The van der Waals surface area contributed by atoms with Crippen molar-refractivity contribution in [2.24, 2.45) is 14.1 Å². The number of aromatic nitrogens is 4. The van der Waals surface area contributed by atoms with E-state index in [0.717, 1.165) is 15.5 Å². The van der Waals surface area contributed by atoms with E-state index in [0.29, 0.717) is 29.5 Å². The first-order chi connectivity index (χ1) is 11.4. The molecule has 0 aliphatic heterocycles. The molecule has 3 rings (SSSR count). The van der Waals surface area contributed by atoms with Crippen LogP contribution in [0.4, 0.5) is 0 Å². The third kappa shape index (κ3) is 2.66. The van der Waals surface area contributed by atoms with Crippen molar-refractivity contribution in [3.8, 4) is 11.8 Å². The zero-order valence-electron chi connectivity index (χ0n) is 13.6. The number of hydrogen-bond acceptors (Lipinski definition) is 4. The maximum atomic E-state index is 12.5. The first kappa shape index (κ1) is 16.5. The lowest BCUT2D eigenvalue weighted by atomic mass is 10.3. The Hall–Kier alpha value is -2.35. The lowest BCUT2D eigenvalue weighted by Gasteiger charge is -2.08. The van der Waals surface area contributed by atoms with Gasteiger partial charge in [0.05, 0.1) is 0 Å². The standard InChI is InChI=1S/C16H17BrN4O3/c1-4-9-21-12-13(19(2)16(23)20(3)14(12)22)18-15(21)24-11-7-5-10(17)6-8-11/h5-8H,4,9H2,1-3H3. The van der Waals surface area contributed by atoms with Crippen molar-refractivity contribution in [3.63, 3.8) is 0 Å². The quantitative estimate of drug-likeness (QED) is 0.683. The van der Waals surface area contributed by atoms with Crippen molar-refractivity contribution in [1.29, 1.82) is 0 Å². The average molecular weight is 393 g/mol. The molecule has 0 N–H and O–H groups in total. The Bertz CT molecular complexity index is 1010. The monoisotopic (exact) mass is 392 g/mol. The Morgan fingerprint density at radius 2 is 1.79 bits per heavy atom. The predicted molar refractivity (Wildman–Crippen MR) is 94.7 cm³/mol. The zero-order valence-corrected chi connectivity index (χ0v) is 15.2. The second-order valence-corrected chi connectivity index (χ2v) is 6.40. The predicted octanol–water partition coefficient (Wildman–Crippen LogP) is 2.40. The van der Waals surface area contributed by atoms with Gasteiger partial charge in [0, 0.05) is 25.1 Å². The van der Waals surface area contributed by atoms with E-state index in [1.165, 1.54) is 11.6 Å². The fourth-order valence-electron chi connectivity index (χ4n) is 2.54. The Labute approximate surface area is 146 Å². The molecule has 7 nitrogen and oxygen atoms in total. The number of rotatable bonds is 4. The van der Waals surface area contributed by atoms with Gasteiger partial charge in [-0.25, -0.2) is 4.79 Å². The van der Waals surface area contributed by atoms with Gasteiger partial charge in [-0.3, -0.25) is 18.5 Å². The Morgan fingerprint density at radius 1 is 1.12 bits per heavy atom. The van der Waals surface area contributed by atoms with Crippen LogP contribution in [0.15, 0.2) is 38.3 Å². The van der Waals surface area contributed by atoms with Gasteiger partial charge in [0.2, 0.25) is 0 Å². The summed E-state index contributed by atoms with van der Waals surface area (Å²) in [4.78, 5) is 29.0. The van der Waals surface area contributed by atoms with E-state index in [1.807, 2.05) is 19.1 Å². The van der Waals surface area contributed by atoms with Crippen LogP contribution in [0.3, 0.4) is 0 Å². The summed E-state index contributed by atoms with van der Waals surface area (Å²) in [7, 11) is 3.06. The molecule has 0 aliphatic rings. The molecule has 1 aromatic carbocycles. The molecule has 8 heteroatoms. The molecule has 0 saturated carbocycles. The van der Waals surface area contributed by atoms with E-state index in [4.69, 9.17) is 4.74 Å². The molecule has 3 aromatic rings. The third-order valence-electron chi connectivity index (χ3n) is 3.78. The molecule has 126 valence electrons. The van der Waals surface area contributed by atoms with E-state index in [2.05, 4.69) is 20.9 Å². The van der Waals surface area contributed by atoms with Crippen LogP contribution >= 0.6 is 15.9 Å². The number of benzene rings is 1. The van der Waals surface area contributed by atoms with Crippen LogP contribution in [-0.4, -0.2) is 18.7 Å². The minimum atomic E-state index is -0.413. The average Bonchev–Trinajstić information content (AvgIpc) is 2.92. The molecule has 0 aliphatic carbocycles. The molecule has 0 amide bonds. The maximum Gasteiger partial charge on any atom is 0.332 e. The van der Waals surface area contributed by atoms with E-state index < -0.39 is 5.69 Å². The van der Waals surface area contributed by atoms with Crippen molar-refractivity contribution < 1.29 is 4.74 Å². The van der Waals surface area contributed by atoms with Crippen LogP contribution in [0.2, 0.25) is 0 Å². The fourth-order valence-corrected chi connectivity index (χ4v) is 2.81. The number of aryl methyl sites for hydroxylation is 2. The second-order valence-electron chi connectivity index (χ2n) is 5.48. The van der Waals surface area contributed by atoms with E-state index in [1.54, 1.807) is 23.7 Å². The molecule has 0 bridgehead atoms. The van der Waals surface area contributed by atoms with Crippen LogP contribution in [-0.2, 0) is 20.6 Å². The molecule has 0 unspecified atom stereocenters. The molecule has 0 atom stereocenters. The number of ether oxygens (including phenoxy) is 1. The SMILES string of the molecule is CCCn1c(Oc2ccc(Br)cc2)nc2c1c(=O)n(C)c(=O)n2C. The summed E-state index contributed by atoms with van der Waals surface area (Å²) in [5.74, 6) is 0.604. The van der Waals surface area contributed by atoms with Gasteiger partial charge in [0.15, 0.2) is 11.2 Å². The number of halogens is 1. The highest BCUT2D eigenvalue weighted by Crippen LogP contribution is 2.25. The summed E-state index contributed by atoms with van der Waals surface area (Å²) < 4.78 is 11.0. The second kappa shape index (κ2) is 6.27. The number of hydrogen-bond donors (Lipinski definition) is 0. The molecule has 0 fully saturated rings. The summed E-state index contributed by atoms with van der Waals surface area (Å²) in [6.45, 7) is 2.57. The minimum Gasteiger partial charge on any atom is -0.425 e. The summed E-state index contributed by atoms with van der Waals surface area (Å²) in [6.07, 6.45) is 0.800. The van der Waals surface area contributed by atoms with Gasteiger partial charge < -0.3 is 4.74 Å². The van der Waals surface area contributed by atoms with Crippen molar-refractivity contribution in [2.45, 2.75) is 19.9 Å². The third-order valence-corrected chi connectivity index (χ3v) is 4.31. The largest absolute Gasteiger partial charge is 0.425 e. The van der Waals surface area contributed by atoms with Crippen molar-refractivity contribution in [1.82, 2.24) is 18.7 Å². The van der Waals surface area contributed by atoms with Crippen molar-refractivity contribution >= 4 is 27.1 Å². The Morgan fingerprint density at radius 3 is 2.42 bits per heavy atom. The fraction of sp³-hybridized carbons (Fsp3) is 0.312. The number of nitrogens with zero attached hydrogens (tertiary/aromatic N) is 4. The highest BCUT2D eigenvalue weighted by atomic mass is 79.9. The molecular weight excluding hydrogens is 376 g/mol. The lowest BCUT2D eigenvalue weighted by molar-refractivity contribution is 0.413. The highest BCUT2D eigenvalue weighted by Gasteiger charge is 2.20. The topological polar surface area (TPSA) is 71.1 Å². The summed E-state index contributed by atoms with van der Waals surface area (Å²) >= 11 is 3.37. The molecule has 2 aromatic heterocycles. The van der Waals surface area contributed by atoms with Crippen molar-refractivity contribution in [2.75, 3.05) is 0 Å². The van der Waals surface area contributed by atoms with Gasteiger partial charge in [-0.05, 0) is 30.7 Å². The number of imidazole rings is 1. The van der Waals surface area contributed by atoms with E-state index >= 15 is 0 Å². The molecule has 0 spiro atoms. The number of fused-ring (bicyclic) bond motifs is 1. The molecular formula is C16H17BrN4O3. The minimum absolute atomic E-state index is 0.299. The Balaban J connectivity index is 2.24.